The Balaban J connectivity index is 2.21. The molecule has 5 heteroatoms. The zero-order chi connectivity index (χ0) is 11.8. The molecule has 0 saturated heterocycles. The van der Waals surface area contributed by atoms with Crippen LogP contribution in [0.4, 0.5) is 5.69 Å². The first-order valence-electron chi connectivity index (χ1n) is 5.11. The monoisotopic (exact) mass is 244 g/mol. The topological polar surface area (TPSA) is 56.7 Å². The van der Waals surface area contributed by atoms with Crippen LogP contribution in [0.25, 0.3) is 16.7 Å². The summed E-state index contributed by atoms with van der Waals surface area (Å²) in [7, 11) is 0. The molecular weight excluding hydrogens is 236 g/mol. The highest BCUT2D eigenvalue weighted by Crippen LogP contribution is 2.19. The van der Waals surface area contributed by atoms with Crippen molar-refractivity contribution in [2.45, 2.75) is 0 Å². The standard InChI is InChI=1S/C12H9ClN4/c13-8-1-4-10(5-2-8)17-12-6-3-9(14)7-11(12)15-16-17/h1-7H,14H2. The molecule has 2 aromatic carbocycles. The van der Waals surface area contributed by atoms with E-state index in [1.165, 1.54) is 0 Å². The van der Waals surface area contributed by atoms with Gasteiger partial charge in [0.25, 0.3) is 0 Å². The third-order valence-electron chi connectivity index (χ3n) is 2.54. The normalized spacial score (nSPS) is 10.9. The van der Waals surface area contributed by atoms with Gasteiger partial charge in [-0.3, -0.25) is 0 Å². The fourth-order valence-corrected chi connectivity index (χ4v) is 1.84. The maximum atomic E-state index is 5.85. The first-order valence-corrected chi connectivity index (χ1v) is 5.49. The fourth-order valence-electron chi connectivity index (χ4n) is 1.71. The summed E-state index contributed by atoms with van der Waals surface area (Å²) >= 11 is 5.85. The van der Waals surface area contributed by atoms with Gasteiger partial charge in [0, 0.05) is 10.7 Å². The van der Waals surface area contributed by atoms with Gasteiger partial charge >= 0.3 is 0 Å². The lowest BCUT2D eigenvalue weighted by molar-refractivity contribution is 0.824. The van der Waals surface area contributed by atoms with Crippen molar-refractivity contribution in [3.8, 4) is 5.69 Å². The van der Waals surface area contributed by atoms with Gasteiger partial charge in [0.05, 0.1) is 11.2 Å². The van der Waals surface area contributed by atoms with Crippen LogP contribution in [0.1, 0.15) is 0 Å². The summed E-state index contributed by atoms with van der Waals surface area (Å²) in [4.78, 5) is 0. The summed E-state index contributed by atoms with van der Waals surface area (Å²) in [6, 6.07) is 13.0. The van der Waals surface area contributed by atoms with Crippen molar-refractivity contribution in [2.75, 3.05) is 5.73 Å². The first kappa shape index (κ1) is 10.1. The van der Waals surface area contributed by atoms with Gasteiger partial charge in [-0.15, -0.1) is 5.10 Å². The lowest BCUT2D eigenvalue weighted by Gasteiger charge is -2.02. The molecule has 0 amide bonds. The van der Waals surface area contributed by atoms with Crippen LogP contribution >= 0.6 is 11.6 Å². The maximum Gasteiger partial charge on any atom is 0.115 e. The van der Waals surface area contributed by atoms with Crippen LogP contribution in [0.2, 0.25) is 5.02 Å². The smallest absolute Gasteiger partial charge is 0.115 e. The number of hydrogen-bond acceptors (Lipinski definition) is 3. The number of nitrogen functional groups attached to an aromatic ring is 1. The molecule has 84 valence electrons. The van der Waals surface area contributed by atoms with Crippen LogP contribution in [0, 0.1) is 0 Å². The number of rotatable bonds is 1. The van der Waals surface area contributed by atoms with Crippen LogP contribution in [0.15, 0.2) is 42.5 Å². The average molecular weight is 245 g/mol. The minimum atomic E-state index is 0.681. The predicted octanol–water partition coefficient (Wildman–Crippen LogP) is 2.66. The Hall–Kier alpha value is -2.07. The van der Waals surface area contributed by atoms with Crippen LogP contribution in [0.5, 0.6) is 0 Å². The fraction of sp³-hybridized carbons (Fsp3) is 0. The van der Waals surface area contributed by atoms with E-state index >= 15 is 0 Å². The van der Waals surface area contributed by atoms with Gasteiger partial charge in [-0.05, 0) is 42.5 Å². The lowest BCUT2D eigenvalue weighted by atomic mass is 10.2. The van der Waals surface area contributed by atoms with Gasteiger partial charge in [-0.2, -0.15) is 0 Å². The molecule has 0 bridgehead atoms. The van der Waals surface area contributed by atoms with Crippen molar-refractivity contribution in [1.82, 2.24) is 15.0 Å². The Bertz CT molecular complexity index is 673. The molecule has 1 aromatic heterocycles. The number of fused-ring (bicyclic) bond motifs is 1. The number of nitrogens with two attached hydrogens (primary N) is 1. The van der Waals surface area contributed by atoms with Gasteiger partial charge in [-0.1, -0.05) is 16.8 Å². The molecule has 0 atom stereocenters. The Labute approximate surface area is 103 Å². The molecule has 3 rings (SSSR count). The van der Waals surface area contributed by atoms with E-state index in [-0.39, 0.29) is 0 Å². The number of hydrogen-bond donors (Lipinski definition) is 1. The molecule has 0 aliphatic carbocycles. The number of aromatic nitrogens is 3. The Kier molecular flexibility index (Phi) is 2.23. The van der Waals surface area contributed by atoms with Crippen molar-refractivity contribution in [3.05, 3.63) is 47.5 Å². The van der Waals surface area contributed by atoms with E-state index in [9.17, 15) is 0 Å². The summed E-state index contributed by atoms with van der Waals surface area (Å²) in [5.74, 6) is 0. The summed E-state index contributed by atoms with van der Waals surface area (Å²) in [6.07, 6.45) is 0. The Morgan fingerprint density at radius 2 is 1.82 bits per heavy atom. The van der Waals surface area contributed by atoms with Gasteiger partial charge in [0.2, 0.25) is 0 Å². The molecule has 17 heavy (non-hydrogen) atoms. The minimum absolute atomic E-state index is 0.681. The predicted molar refractivity (Wildman–Crippen MR) is 68.3 cm³/mol. The molecule has 0 spiro atoms. The summed E-state index contributed by atoms with van der Waals surface area (Å²) < 4.78 is 1.76. The number of halogens is 1. The van der Waals surface area contributed by atoms with Crippen LogP contribution in [-0.2, 0) is 0 Å². The molecule has 4 nitrogen and oxygen atoms in total. The molecular formula is C12H9ClN4. The van der Waals surface area contributed by atoms with Gasteiger partial charge < -0.3 is 5.73 Å². The SMILES string of the molecule is Nc1ccc2c(c1)nnn2-c1ccc(Cl)cc1. The van der Waals surface area contributed by atoms with Crippen LogP contribution in [-0.4, -0.2) is 15.0 Å². The highest BCUT2D eigenvalue weighted by Gasteiger charge is 2.06. The molecule has 3 aromatic rings. The van der Waals surface area contributed by atoms with E-state index in [0.29, 0.717) is 10.7 Å². The first-order chi connectivity index (χ1) is 8.24. The number of anilines is 1. The van der Waals surface area contributed by atoms with Crippen molar-refractivity contribution < 1.29 is 0 Å². The second-order valence-corrected chi connectivity index (χ2v) is 4.16. The number of benzene rings is 2. The van der Waals surface area contributed by atoms with Gasteiger partial charge in [0.15, 0.2) is 0 Å². The maximum absolute atomic E-state index is 5.85. The number of nitrogens with zero attached hydrogens (tertiary/aromatic N) is 3. The highest BCUT2D eigenvalue weighted by molar-refractivity contribution is 6.30. The van der Waals surface area contributed by atoms with Crippen molar-refractivity contribution in [3.63, 3.8) is 0 Å². The van der Waals surface area contributed by atoms with E-state index in [1.54, 1.807) is 10.7 Å². The highest BCUT2D eigenvalue weighted by atomic mass is 35.5. The average Bonchev–Trinajstić information content (AvgIpc) is 2.73. The van der Waals surface area contributed by atoms with E-state index in [2.05, 4.69) is 10.3 Å². The second-order valence-electron chi connectivity index (χ2n) is 3.73. The minimum Gasteiger partial charge on any atom is -0.399 e. The molecule has 0 saturated carbocycles. The lowest BCUT2D eigenvalue weighted by Crippen LogP contribution is -1.95. The van der Waals surface area contributed by atoms with E-state index < -0.39 is 0 Å². The van der Waals surface area contributed by atoms with Crippen molar-refractivity contribution >= 4 is 28.3 Å². The molecule has 0 fully saturated rings. The van der Waals surface area contributed by atoms with Crippen molar-refractivity contribution in [1.29, 1.82) is 0 Å². The van der Waals surface area contributed by atoms with E-state index in [4.69, 9.17) is 17.3 Å². The van der Waals surface area contributed by atoms with Crippen LogP contribution in [0.3, 0.4) is 0 Å². The molecule has 0 aliphatic heterocycles. The molecule has 0 unspecified atom stereocenters. The summed E-state index contributed by atoms with van der Waals surface area (Å²) in [5, 5.41) is 8.88. The third-order valence-corrected chi connectivity index (χ3v) is 2.79. The molecule has 0 radical (unpaired) electrons. The zero-order valence-corrected chi connectivity index (χ0v) is 9.59. The quantitative estimate of drug-likeness (QED) is 0.670. The van der Waals surface area contributed by atoms with Crippen molar-refractivity contribution in [2.24, 2.45) is 0 Å². The largest absolute Gasteiger partial charge is 0.399 e. The second kappa shape index (κ2) is 3.75. The molecule has 2 N–H and O–H groups in total. The third kappa shape index (κ3) is 1.72. The zero-order valence-electron chi connectivity index (χ0n) is 8.84. The molecule has 0 aliphatic rings. The van der Waals surface area contributed by atoms with E-state index in [0.717, 1.165) is 16.7 Å². The summed E-state index contributed by atoms with van der Waals surface area (Å²) in [5.41, 5.74) is 8.99. The van der Waals surface area contributed by atoms with Gasteiger partial charge in [0.1, 0.15) is 5.52 Å². The van der Waals surface area contributed by atoms with Gasteiger partial charge in [-0.25, -0.2) is 4.68 Å². The van der Waals surface area contributed by atoms with Crippen LogP contribution < -0.4 is 5.73 Å². The summed E-state index contributed by atoms with van der Waals surface area (Å²) in [6.45, 7) is 0. The van der Waals surface area contributed by atoms with E-state index in [1.807, 2.05) is 36.4 Å². The Morgan fingerprint density at radius 1 is 1.06 bits per heavy atom. The molecule has 1 heterocycles. The Morgan fingerprint density at radius 3 is 2.59 bits per heavy atom.